The van der Waals surface area contributed by atoms with Crippen LogP contribution in [0.5, 0.6) is 5.75 Å². The summed E-state index contributed by atoms with van der Waals surface area (Å²) >= 11 is 0. The first-order chi connectivity index (χ1) is 17.1. The Kier molecular flexibility index (Phi) is 5.91. The number of alkyl halides is 3. The van der Waals surface area contributed by atoms with Crippen LogP contribution >= 0.6 is 0 Å². The first-order valence-corrected chi connectivity index (χ1v) is 11.9. The lowest BCUT2D eigenvalue weighted by Crippen LogP contribution is -2.61. The molecular formula is C26H26F3N5O2. The lowest BCUT2D eigenvalue weighted by molar-refractivity contribution is -0.137. The zero-order valence-corrected chi connectivity index (χ0v) is 20.2. The van der Waals surface area contributed by atoms with Crippen LogP contribution in [0.1, 0.15) is 43.1 Å². The first-order valence-electron chi connectivity index (χ1n) is 11.9. The van der Waals surface area contributed by atoms with Crippen molar-refractivity contribution < 1.29 is 17.9 Å². The maximum Gasteiger partial charge on any atom is 0.416 e. The van der Waals surface area contributed by atoms with Gasteiger partial charge in [-0.15, -0.1) is 0 Å². The van der Waals surface area contributed by atoms with Crippen molar-refractivity contribution >= 4 is 16.7 Å². The molecular weight excluding hydrogens is 471 g/mol. The largest absolute Gasteiger partial charge is 0.484 e. The molecule has 36 heavy (non-hydrogen) atoms. The molecule has 0 radical (unpaired) electrons. The minimum Gasteiger partial charge on any atom is -0.484 e. The Morgan fingerprint density at radius 1 is 1.19 bits per heavy atom. The van der Waals surface area contributed by atoms with Crippen molar-refractivity contribution in [1.82, 2.24) is 14.5 Å². The number of hydrogen-bond donors (Lipinski definition) is 0. The van der Waals surface area contributed by atoms with Crippen molar-refractivity contribution in [2.75, 3.05) is 24.6 Å². The zero-order chi connectivity index (χ0) is 25.8. The molecule has 2 aliphatic heterocycles. The second kappa shape index (κ2) is 8.82. The van der Waals surface area contributed by atoms with Crippen molar-refractivity contribution in [2.24, 2.45) is 7.05 Å². The van der Waals surface area contributed by atoms with Crippen molar-refractivity contribution in [3.63, 3.8) is 0 Å². The van der Waals surface area contributed by atoms with Crippen LogP contribution < -0.4 is 15.2 Å². The number of nitrogens with zero attached hydrogens (tertiary/aromatic N) is 5. The number of rotatable bonds is 3. The molecule has 0 spiro atoms. The molecule has 3 atom stereocenters. The Hall–Kier alpha value is -3.58. The lowest BCUT2D eigenvalue weighted by atomic mass is 9.95. The molecule has 188 valence electrons. The van der Waals surface area contributed by atoms with Gasteiger partial charge in [0.05, 0.1) is 17.1 Å². The molecule has 0 N–H and O–H groups in total. The minimum atomic E-state index is -4.37. The number of nitriles is 1. The third-order valence-corrected chi connectivity index (χ3v) is 7.29. The topological polar surface area (TPSA) is 74.4 Å². The highest BCUT2D eigenvalue weighted by molar-refractivity contribution is 5.93. The van der Waals surface area contributed by atoms with E-state index in [0.29, 0.717) is 36.4 Å². The van der Waals surface area contributed by atoms with E-state index in [9.17, 15) is 23.2 Å². The number of aryl methyl sites for hydroxylation is 1. The average molecular weight is 498 g/mol. The highest BCUT2D eigenvalue weighted by Crippen LogP contribution is 2.41. The molecule has 0 aliphatic carbocycles. The summed E-state index contributed by atoms with van der Waals surface area (Å²) in [6.45, 7) is 5.60. The maximum atomic E-state index is 13.1. The highest BCUT2D eigenvalue weighted by atomic mass is 19.4. The zero-order valence-electron chi connectivity index (χ0n) is 20.2. The van der Waals surface area contributed by atoms with Gasteiger partial charge in [0.25, 0.3) is 5.56 Å². The van der Waals surface area contributed by atoms with Crippen LogP contribution in [-0.2, 0) is 13.2 Å². The monoisotopic (exact) mass is 497 g/mol. The van der Waals surface area contributed by atoms with E-state index in [4.69, 9.17) is 4.74 Å². The second-order valence-corrected chi connectivity index (χ2v) is 9.42. The van der Waals surface area contributed by atoms with Crippen LogP contribution in [0.25, 0.3) is 11.0 Å². The lowest BCUT2D eigenvalue weighted by Gasteiger charge is -2.51. The smallest absolute Gasteiger partial charge is 0.416 e. The fraction of sp³-hybridized carbons (Fsp3) is 0.423. The summed E-state index contributed by atoms with van der Waals surface area (Å²) in [5.41, 5.74) is 1.95. The van der Waals surface area contributed by atoms with Crippen molar-refractivity contribution in [3.8, 4) is 11.8 Å². The van der Waals surface area contributed by atoms with Crippen molar-refractivity contribution in [2.45, 2.75) is 44.6 Å². The van der Waals surface area contributed by atoms with E-state index in [0.717, 1.165) is 24.1 Å². The normalized spacial score (nSPS) is 20.9. The molecule has 1 saturated heterocycles. The molecule has 0 unspecified atom stereocenters. The van der Waals surface area contributed by atoms with Crippen molar-refractivity contribution in [3.05, 3.63) is 63.6 Å². The van der Waals surface area contributed by atoms with Gasteiger partial charge in [-0.3, -0.25) is 9.69 Å². The van der Waals surface area contributed by atoms with Gasteiger partial charge in [-0.05, 0) is 43.2 Å². The molecule has 1 aromatic carbocycles. The van der Waals surface area contributed by atoms with Gasteiger partial charge >= 0.3 is 6.18 Å². The molecule has 4 heterocycles. The molecule has 2 aliphatic rings. The first kappa shape index (κ1) is 24.1. The highest BCUT2D eigenvalue weighted by Gasteiger charge is 2.41. The number of anilines is 1. The minimum absolute atomic E-state index is 0.0395. The Balaban J connectivity index is 1.51. The maximum absolute atomic E-state index is 13.1. The van der Waals surface area contributed by atoms with Crippen LogP contribution in [0.4, 0.5) is 18.9 Å². The Morgan fingerprint density at radius 2 is 1.92 bits per heavy atom. The molecule has 0 saturated carbocycles. The quantitative estimate of drug-likeness (QED) is 0.539. The third-order valence-electron chi connectivity index (χ3n) is 7.29. The number of ether oxygens (including phenoxy) is 1. The summed E-state index contributed by atoms with van der Waals surface area (Å²) in [5, 5.41) is 9.40. The van der Waals surface area contributed by atoms with Crippen LogP contribution in [0.3, 0.4) is 0 Å². The summed E-state index contributed by atoms with van der Waals surface area (Å²) in [4.78, 5) is 22.0. The van der Waals surface area contributed by atoms with E-state index >= 15 is 0 Å². The molecule has 1 fully saturated rings. The summed E-state index contributed by atoms with van der Waals surface area (Å²) in [6.07, 6.45) is -3.64. The van der Waals surface area contributed by atoms with E-state index < -0.39 is 11.7 Å². The number of aromatic nitrogens is 2. The average Bonchev–Trinajstić information content (AvgIpc) is 2.87. The van der Waals surface area contributed by atoms with E-state index in [1.807, 2.05) is 6.92 Å². The van der Waals surface area contributed by atoms with Crippen LogP contribution in [0.2, 0.25) is 0 Å². The predicted octanol–water partition coefficient (Wildman–Crippen LogP) is 4.25. The molecule has 2 aromatic heterocycles. The molecule has 3 aromatic rings. The number of halogens is 3. The van der Waals surface area contributed by atoms with Gasteiger partial charge in [0, 0.05) is 32.2 Å². The summed E-state index contributed by atoms with van der Waals surface area (Å²) in [5.74, 6) is 0.235. The van der Waals surface area contributed by atoms with Gasteiger partial charge in [-0.25, -0.2) is 4.98 Å². The number of piperazine rings is 1. The van der Waals surface area contributed by atoms with E-state index in [1.165, 1.54) is 4.57 Å². The van der Waals surface area contributed by atoms with Crippen LogP contribution in [0, 0.1) is 11.3 Å². The molecule has 7 nitrogen and oxygen atoms in total. The van der Waals surface area contributed by atoms with Gasteiger partial charge in [0.1, 0.15) is 29.6 Å². The van der Waals surface area contributed by atoms with E-state index in [-0.39, 0.29) is 35.1 Å². The second-order valence-electron chi connectivity index (χ2n) is 9.42. The molecule has 10 heteroatoms. The molecule has 0 bridgehead atoms. The van der Waals surface area contributed by atoms with Gasteiger partial charge in [-0.1, -0.05) is 19.1 Å². The van der Waals surface area contributed by atoms with E-state index in [1.54, 1.807) is 31.3 Å². The third kappa shape index (κ3) is 3.88. The molecule has 0 amide bonds. The number of fused-ring (bicyclic) bond motifs is 5. The van der Waals surface area contributed by atoms with E-state index in [2.05, 4.69) is 27.8 Å². The predicted molar refractivity (Wildman–Crippen MR) is 129 cm³/mol. The number of benzene rings is 1. The summed E-state index contributed by atoms with van der Waals surface area (Å²) in [7, 11) is 1.66. The number of hydrogen-bond acceptors (Lipinski definition) is 6. The Bertz CT molecular complexity index is 1410. The van der Waals surface area contributed by atoms with Gasteiger partial charge < -0.3 is 14.2 Å². The Labute approximate surface area is 206 Å². The fourth-order valence-electron chi connectivity index (χ4n) is 5.47. The van der Waals surface area contributed by atoms with Gasteiger partial charge in [-0.2, -0.15) is 18.4 Å². The van der Waals surface area contributed by atoms with Crippen LogP contribution in [-0.4, -0.2) is 46.2 Å². The molecule has 5 rings (SSSR count). The fourth-order valence-corrected chi connectivity index (χ4v) is 5.47. The van der Waals surface area contributed by atoms with Crippen LogP contribution in [0.15, 0.2) is 41.2 Å². The Morgan fingerprint density at radius 3 is 2.56 bits per heavy atom. The van der Waals surface area contributed by atoms with Gasteiger partial charge in [0.15, 0.2) is 0 Å². The van der Waals surface area contributed by atoms with Gasteiger partial charge in [0.2, 0.25) is 5.75 Å². The van der Waals surface area contributed by atoms with Crippen molar-refractivity contribution in [1.29, 1.82) is 5.26 Å². The summed E-state index contributed by atoms with van der Waals surface area (Å²) in [6, 6.07) is 10.7. The summed E-state index contributed by atoms with van der Waals surface area (Å²) < 4.78 is 46.7. The number of pyridine rings is 2. The SMILES string of the molecule is CC[C@@H](c1ccc(C(F)(F)F)cc1)N1C[C@H]2COc3c(c4nc(C#N)ccc4n(C)c3=O)N2C[C@H]1C. The standard InChI is InChI=1S/C26H26F3N5O2/c1-4-20(16-5-7-17(8-6-16)26(27,28)29)33-13-19-14-36-24-23(34(19)12-15(33)2)22-21(32(3)25(24)35)10-9-18(11-30)31-22/h5-10,15,19-20H,4,12-14H2,1-3H3/t15-,19+,20+/m1/s1.